The number of allylic oxidation sites excluding steroid dienone is 2. The molecule has 0 spiro atoms. The number of hydrogen-bond acceptors (Lipinski definition) is 7. The van der Waals surface area contributed by atoms with E-state index in [-0.39, 0.29) is 58.6 Å². The van der Waals surface area contributed by atoms with E-state index in [1.165, 1.54) is 16.7 Å². The van der Waals surface area contributed by atoms with Gasteiger partial charge in [0.2, 0.25) is 5.91 Å². The van der Waals surface area contributed by atoms with Gasteiger partial charge in [-0.15, -0.1) is 0 Å². The Balaban J connectivity index is 1.90. The van der Waals surface area contributed by atoms with Gasteiger partial charge in [0, 0.05) is 31.6 Å². The number of benzene rings is 1. The molecule has 2 aliphatic rings. The first kappa shape index (κ1) is 32.3. The van der Waals surface area contributed by atoms with E-state index < -0.39 is 38.5 Å². The number of hydrogen-bond donors (Lipinski definition) is 2. The number of piperazine rings is 1. The number of halogens is 5. The lowest BCUT2D eigenvalue weighted by Gasteiger charge is -2.37. The topological polar surface area (TPSA) is 120 Å². The third kappa shape index (κ3) is 5.31. The normalized spacial score (nSPS) is 16.8. The highest BCUT2D eigenvalue weighted by molar-refractivity contribution is 6.38. The quantitative estimate of drug-likeness (QED) is 0.148. The summed E-state index contributed by atoms with van der Waals surface area (Å²) in [6.45, 7) is 10.5. The van der Waals surface area contributed by atoms with Gasteiger partial charge in [-0.05, 0) is 42.8 Å². The monoisotopic (exact) mass is 673 g/mol. The van der Waals surface area contributed by atoms with Crippen LogP contribution in [0.3, 0.4) is 0 Å². The third-order valence-electron chi connectivity index (χ3n) is 8.03. The molecule has 0 aliphatic carbocycles. The molecule has 0 radical (unpaired) electrons. The number of nitrogen functional groups attached to an aromatic ring is 1. The Morgan fingerprint density at radius 2 is 1.87 bits per heavy atom. The molecular weight excluding hydrogens is 647 g/mol. The number of carbonyl (C=O) groups excluding carboxylic acids is 1. The summed E-state index contributed by atoms with van der Waals surface area (Å²) in [5, 5.41) is 12.4. The molecule has 14 heteroatoms. The van der Waals surface area contributed by atoms with Crippen molar-refractivity contribution >= 4 is 68.8 Å². The summed E-state index contributed by atoms with van der Waals surface area (Å²) >= 11 is 18.7. The Hall–Kier alpha value is -4.11. The maximum atomic E-state index is 15.6. The highest BCUT2D eigenvalue weighted by Gasteiger charge is 2.33. The molecule has 1 aromatic carbocycles. The van der Waals surface area contributed by atoms with Crippen LogP contribution in [-0.4, -0.2) is 52.6 Å². The number of carbonyl (C=O) groups is 1. The Morgan fingerprint density at radius 3 is 2.47 bits per heavy atom. The smallest absolute Gasteiger partial charge is 0.276 e. The van der Waals surface area contributed by atoms with E-state index in [1.54, 1.807) is 17.2 Å². The number of nitriles is 1. The fraction of sp³-hybridized carbons (Fsp3) is 0.290. The van der Waals surface area contributed by atoms with Gasteiger partial charge in [0.1, 0.15) is 27.3 Å². The molecule has 1 fully saturated rings. The van der Waals surface area contributed by atoms with E-state index in [0.29, 0.717) is 24.2 Å². The summed E-state index contributed by atoms with van der Waals surface area (Å²) in [6, 6.07) is 3.17. The molecule has 3 aromatic rings. The first-order valence-electron chi connectivity index (χ1n) is 13.9. The molecule has 4 heterocycles. The number of aromatic nitrogens is 2. The van der Waals surface area contributed by atoms with Gasteiger partial charge in [-0.25, -0.2) is 13.8 Å². The number of nitrogens with two attached hydrogens (primary N) is 1. The van der Waals surface area contributed by atoms with Crippen molar-refractivity contribution in [3.8, 4) is 17.3 Å². The zero-order valence-electron chi connectivity index (χ0n) is 24.5. The first-order valence-corrected chi connectivity index (χ1v) is 15.1. The summed E-state index contributed by atoms with van der Waals surface area (Å²) in [5.41, 5.74) is 5.67. The van der Waals surface area contributed by atoms with Gasteiger partial charge in [0.15, 0.2) is 11.6 Å². The standard InChI is InChI=1S/C31H28Cl3F2N7O2/c1-5-19(44)41-8-10-42(11-9-41)29-16-12-18(32)27(20-23(35)21(33)24(36)22(34)25(20)38)40-30(16)43(31(45)17(29)13-37)28-15(4)6-7-39-26(28)14(2)3/h5-7,12,14,26,39H,1,8-11,38H2,2-4H3/t26-/m1/s1. The van der Waals surface area contributed by atoms with E-state index >= 15 is 4.39 Å². The molecule has 1 atom stereocenters. The Kier molecular flexibility index (Phi) is 8.86. The van der Waals surface area contributed by atoms with E-state index in [2.05, 4.69) is 18.0 Å². The van der Waals surface area contributed by atoms with Crippen molar-refractivity contribution in [1.29, 1.82) is 5.26 Å². The van der Waals surface area contributed by atoms with Gasteiger partial charge < -0.3 is 20.9 Å². The molecule has 2 aliphatic heterocycles. The lowest BCUT2D eigenvalue weighted by atomic mass is 9.94. The maximum Gasteiger partial charge on any atom is 0.276 e. The average Bonchev–Trinajstić information content (AvgIpc) is 3.02. The highest BCUT2D eigenvalue weighted by atomic mass is 35.5. The molecule has 1 amide bonds. The second kappa shape index (κ2) is 12.4. The lowest BCUT2D eigenvalue weighted by Crippen LogP contribution is -2.49. The number of fused-ring (bicyclic) bond motifs is 1. The number of dihydropyridines is 1. The minimum Gasteiger partial charge on any atom is -0.397 e. The zero-order chi connectivity index (χ0) is 32.9. The predicted molar refractivity (Wildman–Crippen MR) is 174 cm³/mol. The number of nitrogens with zero attached hydrogens (tertiary/aromatic N) is 5. The van der Waals surface area contributed by atoms with E-state index in [4.69, 9.17) is 45.5 Å². The van der Waals surface area contributed by atoms with Crippen molar-refractivity contribution in [2.45, 2.75) is 26.8 Å². The van der Waals surface area contributed by atoms with E-state index in [9.17, 15) is 19.2 Å². The van der Waals surface area contributed by atoms with Crippen molar-refractivity contribution in [3.63, 3.8) is 0 Å². The van der Waals surface area contributed by atoms with Gasteiger partial charge in [0.25, 0.3) is 5.56 Å². The molecule has 234 valence electrons. The van der Waals surface area contributed by atoms with Crippen molar-refractivity contribution in [2.24, 2.45) is 5.92 Å². The minimum atomic E-state index is -1.23. The number of anilines is 2. The summed E-state index contributed by atoms with van der Waals surface area (Å²) in [7, 11) is 0. The largest absolute Gasteiger partial charge is 0.397 e. The summed E-state index contributed by atoms with van der Waals surface area (Å²) < 4.78 is 31.4. The van der Waals surface area contributed by atoms with Gasteiger partial charge >= 0.3 is 0 Å². The van der Waals surface area contributed by atoms with E-state index in [0.717, 1.165) is 5.57 Å². The minimum absolute atomic E-state index is 0.0166. The van der Waals surface area contributed by atoms with Crippen LogP contribution < -0.4 is 21.5 Å². The first-order chi connectivity index (χ1) is 21.3. The fourth-order valence-corrected chi connectivity index (χ4v) is 6.44. The molecule has 3 N–H and O–H groups in total. The van der Waals surface area contributed by atoms with Gasteiger partial charge in [-0.1, -0.05) is 55.2 Å². The van der Waals surface area contributed by atoms with Crippen molar-refractivity contribution in [1.82, 2.24) is 19.8 Å². The number of rotatable bonds is 5. The van der Waals surface area contributed by atoms with Crippen LogP contribution in [0.4, 0.5) is 20.2 Å². The van der Waals surface area contributed by atoms with Crippen molar-refractivity contribution < 1.29 is 13.6 Å². The Labute approximate surface area is 272 Å². The number of nitrogens with one attached hydrogen (secondary N) is 1. The molecule has 2 aromatic heterocycles. The van der Waals surface area contributed by atoms with Crippen LogP contribution in [0.5, 0.6) is 0 Å². The van der Waals surface area contributed by atoms with Crippen LogP contribution in [0.2, 0.25) is 15.1 Å². The van der Waals surface area contributed by atoms with Crippen LogP contribution in [0.25, 0.3) is 28.0 Å². The number of pyridine rings is 2. The second-order valence-electron chi connectivity index (χ2n) is 11.0. The van der Waals surface area contributed by atoms with Gasteiger partial charge in [-0.3, -0.25) is 14.2 Å². The summed E-state index contributed by atoms with van der Waals surface area (Å²) in [6.07, 6.45) is 4.79. The lowest BCUT2D eigenvalue weighted by molar-refractivity contribution is -0.126. The highest BCUT2D eigenvalue weighted by Crippen LogP contribution is 2.44. The zero-order valence-corrected chi connectivity index (χ0v) is 26.8. The van der Waals surface area contributed by atoms with Gasteiger partial charge in [-0.2, -0.15) is 5.26 Å². The molecule has 0 saturated carbocycles. The Bertz CT molecular complexity index is 1910. The van der Waals surface area contributed by atoms with Crippen LogP contribution >= 0.6 is 34.8 Å². The maximum absolute atomic E-state index is 15.6. The average molecular weight is 675 g/mol. The number of amides is 1. The molecule has 9 nitrogen and oxygen atoms in total. The van der Waals surface area contributed by atoms with Crippen LogP contribution in [-0.2, 0) is 4.79 Å². The Morgan fingerprint density at radius 1 is 1.20 bits per heavy atom. The van der Waals surface area contributed by atoms with Gasteiger partial charge in [0.05, 0.1) is 39.4 Å². The van der Waals surface area contributed by atoms with Crippen molar-refractivity contribution in [2.75, 3.05) is 36.8 Å². The van der Waals surface area contributed by atoms with Crippen molar-refractivity contribution in [3.05, 3.63) is 79.2 Å². The third-order valence-corrected chi connectivity index (χ3v) is 9.02. The molecular formula is C31H28Cl3F2N7O2. The molecule has 5 rings (SSSR count). The van der Waals surface area contributed by atoms with Crippen LogP contribution in [0, 0.1) is 28.9 Å². The molecule has 45 heavy (non-hydrogen) atoms. The predicted octanol–water partition coefficient (Wildman–Crippen LogP) is 5.96. The molecule has 0 bridgehead atoms. The molecule has 1 saturated heterocycles. The molecule has 0 unspecified atom stereocenters. The summed E-state index contributed by atoms with van der Waals surface area (Å²) in [5.74, 6) is -2.71. The van der Waals surface area contributed by atoms with Crippen LogP contribution in [0.15, 0.2) is 41.4 Å². The fourth-order valence-electron chi connectivity index (χ4n) is 5.77. The van der Waals surface area contributed by atoms with Crippen LogP contribution in [0.1, 0.15) is 26.3 Å². The van der Waals surface area contributed by atoms with E-state index in [1.807, 2.05) is 25.7 Å². The SMILES string of the molecule is C=CC(=O)N1CCN(c2c(C#N)c(=O)n(C3=C(C)C=CN[C@@H]3C(C)C)c3nc(-c4c(N)c(Cl)c(F)c(Cl)c4F)c(Cl)cc23)CC1. The second-order valence-corrected chi connectivity index (χ2v) is 12.2. The summed E-state index contributed by atoms with van der Waals surface area (Å²) in [4.78, 5) is 34.8.